The minimum Gasteiger partial charge on any atom is -0.352 e. The van der Waals surface area contributed by atoms with Gasteiger partial charge in [-0.1, -0.05) is 18.9 Å². The van der Waals surface area contributed by atoms with Gasteiger partial charge in [0.2, 0.25) is 0 Å². The third-order valence-electron chi connectivity index (χ3n) is 6.61. The molecular weight excluding hydrogens is 352 g/mol. The second kappa shape index (κ2) is 6.62. The molecule has 2 aromatic rings. The van der Waals surface area contributed by atoms with Crippen LogP contribution in [0.1, 0.15) is 79.3 Å². The Hall–Kier alpha value is -1.88. The van der Waals surface area contributed by atoms with Crippen molar-refractivity contribution in [2.24, 2.45) is 0 Å². The van der Waals surface area contributed by atoms with Gasteiger partial charge in [0.05, 0.1) is 17.8 Å². The summed E-state index contributed by atoms with van der Waals surface area (Å²) in [6.07, 6.45) is 9.63. The number of hydrogen-bond donors (Lipinski definition) is 1. The summed E-state index contributed by atoms with van der Waals surface area (Å²) in [7, 11) is 0. The van der Waals surface area contributed by atoms with Gasteiger partial charge in [0, 0.05) is 29.7 Å². The molecule has 2 atom stereocenters. The lowest BCUT2D eigenvalue weighted by Crippen LogP contribution is -2.37. The Morgan fingerprint density at radius 3 is 2.52 bits per heavy atom. The first-order chi connectivity index (χ1) is 13.1. The zero-order valence-corrected chi connectivity index (χ0v) is 17.0. The van der Waals surface area contributed by atoms with Crippen molar-refractivity contribution in [2.45, 2.75) is 76.5 Å². The van der Waals surface area contributed by atoms with E-state index in [9.17, 15) is 0 Å². The van der Waals surface area contributed by atoms with Crippen molar-refractivity contribution in [1.29, 1.82) is 0 Å². The van der Waals surface area contributed by atoms with Crippen LogP contribution in [0.4, 0.5) is 0 Å². The molecule has 1 aliphatic heterocycles. The van der Waals surface area contributed by atoms with Crippen molar-refractivity contribution < 1.29 is 0 Å². The first-order valence-corrected chi connectivity index (χ1v) is 10.7. The predicted molar refractivity (Wildman–Crippen MR) is 112 cm³/mol. The van der Waals surface area contributed by atoms with Crippen LogP contribution >= 0.6 is 12.2 Å². The van der Waals surface area contributed by atoms with Crippen molar-refractivity contribution in [2.75, 3.05) is 0 Å². The van der Waals surface area contributed by atoms with E-state index in [2.05, 4.69) is 51.8 Å². The number of thiocarbonyl (C=S) groups is 1. The third-order valence-corrected chi connectivity index (χ3v) is 6.94. The number of nitrogens with one attached hydrogen (secondary N) is 1. The topological polar surface area (TPSA) is 33.1 Å². The largest absolute Gasteiger partial charge is 0.352 e. The molecule has 3 fully saturated rings. The van der Waals surface area contributed by atoms with Crippen molar-refractivity contribution in [3.63, 3.8) is 0 Å². The van der Waals surface area contributed by atoms with E-state index in [4.69, 9.17) is 12.2 Å². The van der Waals surface area contributed by atoms with Gasteiger partial charge in [0.15, 0.2) is 5.11 Å². The zero-order valence-electron chi connectivity index (χ0n) is 16.2. The zero-order chi connectivity index (χ0) is 18.5. The van der Waals surface area contributed by atoms with Crippen LogP contribution in [0.2, 0.25) is 0 Å². The van der Waals surface area contributed by atoms with Gasteiger partial charge in [-0.05, 0) is 75.5 Å². The van der Waals surface area contributed by atoms with E-state index in [0.29, 0.717) is 12.1 Å². The van der Waals surface area contributed by atoms with E-state index < -0.39 is 0 Å². The molecule has 5 heteroatoms. The van der Waals surface area contributed by atoms with E-state index in [-0.39, 0.29) is 12.1 Å². The molecule has 5 rings (SSSR count). The van der Waals surface area contributed by atoms with E-state index >= 15 is 0 Å². The summed E-state index contributed by atoms with van der Waals surface area (Å²) in [5.41, 5.74) is 5.31. The van der Waals surface area contributed by atoms with Gasteiger partial charge in [-0.2, -0.15) is 0 Å². The standard InChI is InChI=1S/C22H28N4S/c1-14-13-18(15(2)25(14)17-10-11-17)21-20(19-9-5-6-12-23-19)24-22(27)26(21)16-7-3-4-8-16/h5-6,9,12-13,16-17,20-21H,3-4,7-8,10-11H2,1-2H3,(H,24,27)/t20-,21-/m0/s1. The highest BCUT2D eigenvalue weighted by Gasteiger charge is 2.45. The fraction of sp³-hybridized carbons (Fsp3) is 0.545. The Morgan fingerprint density at radius 2 is 1.85 bits per heavy atom. The van der Waals surface area contributed by atoms with Crippen molar-refractivity contribution >= 4 is 17.3 Å². The summed E-state index contributed by atoms with van der Waals surface area (Å²) < 4.78 is 2.55. The van der Waals surface area contributed by atoms with Crippen LogP contribution in [0.3, 0.4) is 0 Å². The third kappa shape index (κ3) is 2.87. The first kappa shape index (κ1) is 17.2. The van der Waals surface area contributed by atoms with Gasteiger partial charge in [-0.25, -0.2) is 0 Å². The number of hydrogen-bond acceptors (Lipinski definition) is 2. The summed E-state index contributed by atoms with van der Waals surface area (Å²) in [4.78, 5) is 7.20. The summed E-state index contributed by atoms with van der Waals surface area (Å²) in [5, 5.41) is 4.53. The number of aromatic nitrogens is 2. The van der Waals surface area contributed by atoms with Gasteiger partial charge < -0.3 is 14.8 Å². The molecule has 3 heterocycles. The molecule has 3 aliphatic rings. The molecule has 27 heavy (non-hydrogen) atoms. The molecular formula is C22H28N4S. The normalized spacial score (nSPS) is 26.0. The maximum atomic E-state index is 5.86. The fourth-order valence-corrected chi connectivity index (χ4v) is 5.66. The van der Waals surface area contributed by atoms with Crippen LogP contribution in [0, 0.1) is 13.8 Å². The number of nitrogens with zero attached hydrogens (tertiary/aromatic N) is 3. The molecule has 2 aliphatic carbocycles. The highest BCUT2D eigenvalue weighted by molar-refractivity contribution is 7.80. The maximum Gasteiger partial charge on any atom is 0.170 e. The molecule has 0 bridgehead atoms. The average Bonchev–Trinajstić information content (AvgIpc) is 3.11. The Kier molecular flexibility index (Phi) is 4.23. The van der Waals surface area contributed by atoms with Crippen LogP contribution in [-0.2, 0) is 0 Å². The lowest BCUT2D eigenvalue weighted by Gasteiger charge is -2.33. The van der Waals surface area contributed by atoms with Crippen LogP contribution < -0.4 is 5.32 Å². The molecule has 0 unspecified atom stereocenters. The van der Waals surface area contributed by atoms with Gasteiger partial charge in [0.25, 0.3) is 0 Å². The monoisotopic (exact) mass is 380 g/mol. The summed E-state index contributed by atoms with van der Waals surface area (Å²) in [6.45, 7) is 4.55. The average molecular weight is 381 g/mol. The molecule has 4 nitrogen and oxygen atoms in total. The fourth-order valence-electron chi connectivity index (χ4n) is 5.27. The van der Waals surface area contributed by atoms with Crippen LogP contribution in [0.15, 0.2) is 30.5 Å². The molecule has 0 spiro atoms. The number of rotatable bonds is 4. The Labute approximate surface area is 167 Å². The van der Waals surface area contributed by atoms with Crippen molar-refractivity contribution in [3.8, 4) is 0 Å². The summed E-state index contributed by atoms with van der Waals surface area (Å²) in [5.74, 6) is 0. The van der Waals surface area contributed by atoms with Crippen LogP contribution in [0.5, 0.6) is 0 Å². The van der Waals surface area contributed by atoms with Crippen molar-refractivity contribution in [3.05, 3.63) is 53.1 Å². The molecule has 0 amide bonds. The lowest BCUT2D eigenvalue weighted by molar-refractivity contribution is 0.245. The van der Waals surface area contributed by atoms with Gasteiger partial charge in [-0.3, -0.25) is 4.98 Å². The predicted octanol–water partition coefficient (Wildman–Crippen LogP) is 4.75. The lowest BCUT2D eigenvalue weighted by atomic mass is 9.95. The molecule has 2 saturated carbocycles. The molecule has 0 aromatic carbocycles. The van der Waals surface area contributed by atoms with Crippen LogP contribution in [-0.4, -0.2) is 25.6 Å². The number of pyridine rings is 1. The smallest absolute Gasteiger partial charge is 0.170 e. The SMILES string of the molecule is Cc1cc([C@H]2[C@H](c3ccccn3)NC(=S)N2C2CCCC2)c(C)n1C1CC1. The van der Waals surface area contributed by atoms with Gasteiger partial charge in [0.1, 0.15) is 0 Å². The second-order valence-electron chi connectivity index (χ2n) is 8.40. The Balaban J connectivity index is 1.61. The van der Waals surface area contributed by atoms with Gasteiger partial charge in [-0.15, -0.1) is 0 Å². The Morgan fingerprint density at radius 1 is 1.07 bits per heavy atom. The molecule has 2 aromatic heterocycles. The van der Waals surface area contributed by atoms with Crippen molar-refractivity contribution in [1.82, 2.24) is 19.8 Å². The molecule has 1 N–H and O–H groups in total. The minimum atomic E-state index is 0.118. The first-order valence-electron chi connectivity index (χ1n) is 10.3. The molecule has 1 saturated heterocycles. The highest BCUT2D eigenvalue weighted by atomic mass is 32.1. The molecule has 142 valence electrons. The quantitative estimate of drug-likeness (QED) is 0.776. The van der Waals surface area contributed by atoms with E-state index in [1.54, 1.807) is 0 Å². The van der Waals surface area contributed by atoms with Crippen LogP contribution in [0.25, 0.3) is 0 Å². The second-order valence-corrected chi connectivity index (χ2v) is 8.79. The highest BCUT2D eigenvalue weighted by Crippen LogP contribution is 2.46. The maximum absolute atomic E-state index is 5.86. The van der Waals surface area contributed by atoms with E-state index in [1.807, 2.05) is 12.3 Å². The minimum absolute atomic E-state index is 0.118. The summed E-state index contributed by atoms with van der Waals surface area (Å²) >= 11 is 5.86. The number of aryl methyl sites for hydroxylation is 1. The molecule has 0 radical (unpaired) electrons. The van der Waals surface area contributed by atoms with E-state index in [0.717, 1.165) is 10.8 Å². The van der Waals surface area contributed by atoms with Gasteiger partial charge >= 0.3 is 0 Å². The summed E-state index contributed by atoms with van der Waals surface area (Å²) in [6, 6.07) is 10.2. The van der Waals surface area contributed by atoms with E-state index in [1.165, 1.54) is 55.5 Å². The Bertz CT molecular complexity index is 849.